The van der Waals surface area contributed by atoms with E-state index in [9.17, 15) is 23.1 Å². The summed E-state index contributed by atoms with van der Waals surface area (Å²) >= 11 is 6.05. The third-order valence-corrected chi connectivity index (χ3v) is 7.85. The molecule has 9 nitrogen and oxygen atoms in total. The number of anilines is 1. The van der Waals surface area contributed by atoms with Gasteiger partial charge in [-0.15, -0.1) is 0 Å². The molecular weight excluding hydrogens is 470 g/mol. The third kappa shape index (κ3) is 4.65. The standard InChI is InChI=1S/C22H28ClN3O6S/c1-11-7-10-14(32-11)21(22(2,3)4)25-16-15(18(28)19(16)29)24-13-9-8-12(23)20(17(13)27)33(30,31)26(5)6/h7-10,15-16,21,24-25,27H,1-6H3. The lowest BCUT2D eigenvalue weighted by molar-refractivity contribution is -0.146. The highest BCUT2D eigenvalue weighted by Gasteiger charge is 2.51. The van der Waals surface area contributed by atoms with Gasteiger partial charge in [0.2, 0.25) is 21.6 Å². The first-order valence-electron chi connectivity index (χ1n) is 10.3. The van der Waals surface area contributed by atoms with E-state index in [1.807, 2.05) is 39.8 Å². The summed E-state index contributed by atoms with van der Waals surface area (Å²) in [5.74, 6) is -0.579. The molecule has 0 radical (unpaired) electrons. The van der Waals surface area contributed by atoms with Gasteiger partial charge in [-0.3, -0.25) is 14.9 Å². The molecular formula is C22H28ClN3O6S. The van der Waals surface area contributed by atoms with Crippen molar-refractivity contribution in [2.24, 2.45) is 5.41 Å². The van der Waals surface area contributed by atoms with Gasteiger partial charge in [0.15, 0.2) is 5.75 Å². The zero-order valence-corrected chi connectivity index (χ0v) is 20.8. The Bertz CT molecular complexity index is 1200. The molecule has 1 aromatic carbocycles. The van der Waals surface area contributed by atoms with Crippen LogP contribution in [-0.2, 0) is 19.6 Å². The molecule has 180 valence electrons. The molecule has 0 spiro atoms. The molecule has 33 heavy (non-hydrogen) atoms. The predicted octanol–water partition coefficient (Wildman–Crippen LogP) is 2.88. The lowest BCUT2D eigenvalue weighted by Gasteiger charge is -2.40. The molecule has 1 heterocycles. The number of hydrogen-bond donors (Lipinski definition) is 3. The number of hydrogen-bond acceptors (Lipinski definition) is 8. The Morgan fingerprint density at radius 3 is 2.21 bits per heavy atom. The van der Waals surface area contributed by atoms with Gasteiger partial charge in [0.05, 0.1) is 16.8 Å². The van der Waals surface area contributed by atoms with Crippen molar-refractivity contribution in [2.45, 2.75) is 50.7 Å². The number of phenolic OH excluding ortho intramolecular Hbond substituents is 1. The molecule has 0 bridgehead atoms. The number of nitrogens with zero attached hydrogens (tertiary/aromatic N) is 1. The molecule has 1 saturated carbocycles. The Morgan fingerprint density at radius 1 is 1.09 bits per heavy atom. The number of nitrogens with one attached hydrogen (secondary N) is 2. The molecule has 3 unspecified atom stereocenters. The summed E-state index contributed by atoms with van der Waals surface area (Å²) in [7, 11) is -1.45. The molecule has 0 amide bonds. The first kappa shape index (κ1) is 25.2. The highest BCUT2D eigenvalue weighted by molar-refractivity contribution is 7.89. The summed E-state index contributed by atoms with van der Waals surface area (Å²) in [4.78, 5) is 24.4. The fourth-order valence-corrected chi connectivity index (χ4v) is 5.12. The van der Waals surface area contributed by atoms with Gasteiger partial charge in [0.1, 0.15) is 28.5 Å². The Morgan fingerprint density at radius 2 is 1.70 bits per heavy atom. The summed E-state index contributed by atoms with van der Waals surface area (Å²) < 4.78 is 31.9. The van der Waals surface area contributed by atoms with E-state index in [4.69, 9.17) is 16.0 Å². The van der Waals surface area contributed by atoms with E-state index < -0.39 is 44.3 Å². The van der Waals surface area contributed by atoms with Crippen molar-refractivity contribution >= 4 is 38.9 Å². The van der Waals surface area contributed by atoms with E-state index in [0.29, 0.717) is 11.5 Å². The SMILES string of the molecule is Cc1ccc(C(NC2C(=O)C(=O)C2Nc2ccc(Cl)c(S(=O)(=O)N(C)C)c2O)C(C)(C)C)o1. The van der Waals surface area contributed by atoms with Crippen LogP contribution in [0.4, 0.5) is 5.69 Å². The third-order valence-electron chi connectivity index (χ3n) is 5.53. The summed E-state index contributed by atoms with van der Waals surface area (Å²) in [6, 6.07) is 3.98. The van der Waals surface area contributed by atoms with Gasteiger partial charge in [-0.2, -0.15) is 0 Å². The molecule has 3 N–H and O–H groups in total. The first-order chi connectivity index (χ1) is 15.2. The van der Waals surface area contributed by atoms with Crippen LogP contribution in [0.5, 0.6) is 5.75 Å². The van der Waals surface area contributed by atoms with Crippen LogP contribution < -0.4 is 10.6 Å². The predicted molar refractivity (Wildman–Crippen MR) is 124 cm³/mol. The van der Waals surface area contributed by atoms with Crippen LogP contribution >= 0.6 is 11.6 Å². The minimum Gasteiger partial charge on any atom is -0.504 e. The molecule has 0 aliphatic heterocycles. The largest absolute Gasteiger partial charge is 0.504 e. The van der Waals surface area contributed by atoms with Crippen molar-refractivity contribution in [1.82, 2.24) is 9.62 Å². The molecule has 1 aliphatic carbocycles. The molecule has 1 fully saturated rings. The van der Waals surface area contributed by atoms with E-state index in [1.54, 1.807) is 0 Å². The van der Waals surface area contributed by atoms with Crippen LogP contribution in [0.3, 0.4) is 0 Å². The zero-order chi connectivity index (χ0) is 24.9. The van der Waals surface area contributed by atoms with Crippen molar-refractivity contribution in [3.05, 3.63) is 40.8 Å². The van der Waals surface area contributed by atoms with Crippen molar-refractivity contribution in [3.8, 4) is 5.75 Å². The van der Waals surface area contributed by atoms with Gasteiger partial charge in [-0.25, -0.2) is 12.7 Å². The van der Waals surface area contributed by atoms with Crippen LogP contribution in [-0.4, -0.2) is 55.6 Å². The number of ketones is 2. The van der Waals surface area contributed by atoms with Crippen molar-refractivity contribution in [1.29, 1.82) is 0 Å². The lowest BCUT2D eigenvalue weighted by Crippen LogP contribution is -2.68. The Labute approximate surface area is 198 Å². The average molecular weight is 498 g/mol. The van der Waals surface area contributed by atoms with E-state index >= 15 is 0 Å². The average Bonchev–Trinajstić information content (AvgIpc) is 3.12. The number of rotatable bonds is 7. The monoisotopic (exact) mass is 497 g/mol. The minimum absolute atomic E-state index is 0.0290. The van der Waals surface area contributed by atoms with E-state index in [0.717, 1.165) is 4.31 Å². The van der Waals surface area contributed by atoms with Crippen LogP contribution in [0, 0.1) is 12.3 Å². The number of sulfonamides is 1. The second-order valence-corrected chi connectivity index (χ2v) is 11.8. The number of aryl methyl sites for hydroxylation is 1. The number of furan rings is 1. The summed E-state index contributed by atoms with van der Waals surface area (Å²) in [6.07, 6.45) is 0. The maximum absolute atomic E-state index is 12.6. The molecule has 1 aliphatic rings. The van der Waals surface area contributed by atoms with Gasteiger partial charge in [-0.1, -0.05) is 32.4 Å². The molecule has 0 saturated heterocycles. The Balaban J connectivity index is 1.93. The zero-order valence-electron chi connectivity index (χ0n) is 19.3. The van der Waals surface area contributed by atoms with Crippen molar-refractivity contribution in [2.75, 3.05) is 19.4 Å². The lowest BCUT2D eigenvalue weighted by atomic mass is 9.78. The van der Waals surface area contributed by atoms with Gasteiger partial charge in [0, 0.05) is 14.1 Å². The van der Waals surface area contributed by atoms with E-state index in [1.165, 1.54) is 26.2 Å². The second-order valence-electron chi connectivity index (χ2n) is 9.30. The highest BCUT2D eigenvalue weighted by Crippen LogP contribution is 2.40. The number of benzene rings is 1. The van der Waals surface area contributed by atoms with Gasteiger partial charge in [0.25, 0.3) is 0 Å². The maximum Gasteiger partial charge on any atom is 0.247 e. The number of carbonyl (C=O) groups excluding carboxylic acids is 2. The van der Waals surface area contributed by atoms with Crippen LogP contribution in [0.25, 0.3) is 0 Å². The van der Waals surface area contributed by atoms with Crippen LogP contribution in [0.15, 0.2) is 33.6 Å². The maximum atomic E-state index is 12.6. The van der Waals surface area contributed by atoms with E-state index in [2.05, 4.69) is 10.6 Å². The van der Waals surface area contributed by atoms with E-state index in [-0.39, 0.29) is 22.2 Å². The number of carbonyl (C=O) groups is 2. The van der Waals surface area contributed by atoms with Gasteiger partial charge in [-0.05, 0) is 36.6 Å². The molecule has 2 aromatic rings. The van der Waals surface area contributed by atoms with Crippen molar-refractivity contribution in [3.63, 3.8) is 0 Å². The highest BCUT2D eigenvalue weighted by atomic mass is 35.5. The fourth-order valence-electron chi connectivity index (χ4n) is 3.64. The van der Waals surface area contributed by atoms with Crippen molar-refractivity contribution < 1.29 is 27.5 Å². The second kappa shape index (κ2) is 8.75. The summed E-state index contributed by atoms with van der Waals surface area (Å²) in [5, 5.41) is 16.5. The van der Waals surface area contributed by atoms with Crippen LogP contribution in [0.1, 0.15) is 38.3 Å². The molecule has 3 rings (SSSR count). The summed E-state index contributed by atoms with van der Waals surface area (Å²) in [5.41, 5.74) is -0.387. The first-order valence-corrected chi connectivity index (χ1v) is 12.1. The van der Waals surface area contributed by atoms with Gasteiger partial charge >= 0.3 is 0 Å². The normalized spacial score (nSPS) is 20.1. The number of Topliss-reactive ketones (excluding diaryl/α,β-unsaturated/α-hetero) is 2. The topological polar surface area (TPSA) is 129 Å². The molecule has 3 atom stereocenters. The Kier molecular flexibility index (Phi) is 6.69. The van der Waals surface area contributed by atoms with Gasteiger partial charge < -0.3 is 14.8 Å². The summed E-state index contributed by atoms with van der Waals surface area (Å²) in [6.45, 7) is 7.73. The Hall–Kier alpha value is -2.40. The number of phenols is 1. The fraction of sp³-hybridized carbons (Fsp3) is 0.455. The smallest absolute Gasteiger partial charge is 0.247 e. The quantitative estimate of drug-likeness (QED) is 0.393. The number of halogens is 1. The molecule has 11 heteroatoms. The van der Waals surface area contributed by atoms with Crippen LogP contribution in [0.2, 0.25) is 5.02 Å². The molecule has 1 aromatic heterocycles. The number of aromatic hydroxyl groups is 1. The minimum atomic E-state index is -4.06.